The molecule has 21 heavy (non-hydrogen) atoms. The van der Waals surface area contributed by atoms with Gasteiger partial charge in [0.1, 0.15) is 6.54 Å². The van der Waals surface area contributed by atoms with E-state index in [1.54, 1.807) is 28.4 Å². The summed E-state index contributed by atoms with van der Waals surface area (Å²) in [5.41, 5.74) is 1.94. The molecular weight excluding hydrogens is 304 g/mol. The van der Waals surface area contributed by atoms with Gasteiger partial charge in [-0.05, 0) is 29.8 Å². The molecule has 0 heterocycles. The molecule has 0 unspecified atom stereocenters. The fraction of sp³-hybridized carbons (Fsp3) is 0.188. The van der Waals surface area contributed by atoms with E-state index in [4.69, 9.17) is 11.6 Å². The van der Waals surface area contributed by atoms with Crippen molar-refractivity contribution in [2.45, 2.75) is 6.54 Å². The van der Waals surface area contributed by atoms with Crippen LogP contribution in [0.3, 0.4) is 0 Å². The van der Waals surface area contributed by atoms with Crippen LogP contribution in [0.2, 0.25) is 5.02 Å². The first-order valence-corrected chi connectivity index (χ1v) is 7.34. The van der Waals surface area contributed by atoms with Crippen molar-refractivity contribution in [2.75, 3.05) is 17.9 Å². The van der Waals surface area contributed by atoms with Gasteiger partial charge in [-0.1, -0.05) is 54.7 Å². The lowest BCUT2D eigenvalue weighted by atomic mass is 10.2. The molecule has 0 radical (unpaired) electrons. The van der Waals surface area contributed by atoms with Gasteiger partial charge in [-0.3, -0.25) is 4.79 Å². The second-order valence-electron chi connectivity index (χ2n) is 4.77. The zero-order valence-corrected chi connectivity index (χ0v) is 13.4. The van der Waals surface area contributed by atoms with Crippen molar-refractivity contribution >= 4 is 36.0 Å². The van der Waals surface area contributed by atoms with Gasteiger partial charge in [0.15, 0.2) is 0 Å². The smallest absolute Gasteiger partial charge is 0.243 e. The molecule has 0 aliphatic heterocycles. The Morgan fingerprint density at radius 3 is 2.33 bits per heavy atom. The zero-order chi connectivity index (χ0) is 15.2. The molecule has 0 N–H and O–H groups in total. The SMILES string of the molecule is CN(Cc1ccccc1)C(=O)CN(S)c1ccc(Cl)cc1. The number of carbonyl (C=O) groups excluding carboxylic acids is 1. The number of hydrogen-bond donors (Lipinski definition) is 1. The molecule has 2 aromatic carbocycles. The van der Waals surface area contributed by atoms with E-state index in [1.807, 2.05) is 42.5 Å². The topological polar surface area (TPSA) is 23.6 Å². The number of rotatable bonds is 5. The molecule has 0 saturated heterocycles. The van der Waals surface area contributed by atoms with Crippen LogP contribution >= 0.6 is 24.4 Å². The van der Waals surface area contributed by atoms with E-state index < -0.39 is 0 Å². The maximum absolute atomic E-state index is 12.2. The van der Waals surface area contributed by atoms with Crippen molar-refractivity contribution in [3.63, 3.8) is 0 Å². The summed E-state index contributed by atoms with van der Waals surface area (Å²) in [6.45, 7) is 0.788. The van der Waals surface area contributed by atoms with E-state index in [0.29, 0.717) is 11.6 Å². The molecule has 0 aliphatic rings. The summed E-state index contributed by atoms with van der Waals surface area (Å²) in [5, 5.41) is 0.660. The lowest BCUT2D eigenvalue weighted by Gasteiger charge is -2.22. The Morgan fingerprint density at radius 1 is 1.10 bits per heavy atom. The van der Waals surface area contributed by atoms with Gasteiger partial charge in [-0.2, -0.15) is 0 Å². The molecule has 5 heteroatoms. The highest BCUT2D eigenvalue weighted by Crippen LogP contribution is 2.19. The van der Waals surface area contributed by atoms with Crippen molar-refractivity contribution < 1.29 is 4.79 Å². The van der Waals surface area contributed by atoms with E-state index in [9.17, 15) is 4.79 Å². The minimum atomic E-state index is 0.00352. The average molecular weight is 321 g/mol. The lowest BCUT2D eigenvalue weighted by Crippen LogP contribution is -2.34. The van der Waals surface area contributed by atoms with E-state index >= 15 is 0 Å². The highest BCUT2D eigenvalue weighted by Gasteiger charge is 2.13. The molecule has 0 fully saturated rings. The third-order valence-corrected chi connectivity index (χ3v) is 3.72. The summed E-state index contributed by atoms with van der Waals surface area (Å²) >= 11 is 10.2. The summed E-state index contributed by atoms with van der Waals surface area (Å²) in [6.07, 6.45) is 0. The number of thiol groups is 1. The van der Waals surface area contributed by atoms with Gasteiger partial charge in [-0.25, -0.2) is 0 Å². The van der Waals surface area contributed by atoms with Crippen molar-refractivity contribution in [1.29, 1.82) is 0 Å². The maximum Gasteiger partial charge on any atom is 0.243 e. The molecule has 0 aliphatic carbocycles. The molecule has 3 nitrogen and oxygen atoms in total. The number of hydrogen-bond acceptors (Lipinski definition) is 3. The van der Waals surface area contributed by atoms with Crippen molar-refractivity contribution in [2.24, 2.45) is 0 Å². The summed E-state index contributed by atoms with van der Waals surface area (Å²) < 4.78 is 1.61. The van der Waals surface area contributed by atoms with Gasteiger partial charge in [0.2, 0.25) is 5.91 Å². The van der Waals surface area contributed by atoms with Gasteiger partial charge < -0.3 is 9.21 Å². The van der Waals surface area contributed by atoms with Crippen LogP contribution in [0.4, 0.5) is 5.69 Å². The van der Waals surface area contributed by atoms with E-state index in [2.05, 4.69) is 12.8 Å². The number of carbonyl (C=O) groups is 1. The van der Waals surface area contributed by atoms with Crippen LogP contribution < -0.4 is 4.31 Å². The molecule has 0 saturated carbocycles. The normalized spacial score (nSPS) is 10.2. The lowest BCUT2D eigenvalue weighted by molar-refractivity contribution is -0.128. The number of anilines is 1. The Hall–Kier alpha value is -1.65. The van der Waals surface area contributed by atoms with Crippen LogP contribution in [0.1, 0.15) is 5.56 Å². The largest absolute Gasteiger partial charge is 0.340 e. The summed E-state index contributed by atoms with van der Waals surface area (Å²) in [4.78, 5) is 13.9. The first-order chi connectivity index (χ1) is 10.1. The van der Waals surface area contributed by atoms with Gasteiger partial charge in [0, 0.05) is 24.3 Å². The van der Waals surface area contributed by atoms with E-state index in [-0.39, 0.29) is 12.5 Å². The Labute approximate surface area is 135 Å². The minimum Gasteiger partial charge on any atom is -0.340 e. The Bertz CT molecular complexity index is 589. The van der Waals surface area contributed by atoms with Crippen LogP contribution in [-0.4, -0.2) is 24.4 Å². The first kappa shape index (κ1) is 15.7. The number of halogens is 1. The Kier molecular flexibility index (Phi) is 5.53. The van der Waals surface area contributed by atoms with Gasteiger partial charge in [-0.15, -0.1) is 0 Å². The van der Waals surface area contributed by atoms with E-state index in [0.717, 1.165) is 11.3 Å². The van der Waals surface area contributed by atoms with Gasteiger partial charge in [0.05, 0.1) is 0 Å². The van der Waals surface area contributed by atoms with Crippen molar-refractivity contribution in [3.8, 4) is 0 Å². The highest BCUT2D eigenvalue weighted by molar-refractivity contribution is 7.81. The monoisotopic (exact) mass is 320 g/mol. The highest BCUT2D eigenvalue weighted by atomic mass is 35.5. The third kappa shape index (κ3) is 4.69. The number of nitrogens with zero attached hydrogens (tertiary/aromatic N) is 2. The quantitative estimate of drug-likeness (QED) is 0.850. The van der Waals surface area contributed by atoms with Crippen LogP contribution in [0.25, 0.3) is 0 Å². The maximum atomic E-state index is 12.2. The Morgan fingerprint density at radius 2 is 1.71 bits per heavy atom. The van der Waals surface area contributed by atoms with Crippen LogP contribution in [-0.2, 0) is 11.3 Å². The molecule has 2 rings (SSSR count). The average Bonchev–Trinajstić information content (AvgIpc) is 2.48. The summed E-state index contributed by atoms with van der Waals surface area (Å²) in [7, 11) is 1.79. The first-order valence-electron chi connectivity index (χ1n) is 6.56. The standard InChI is InChI=1S/C16H17ClN2OS/c1-18(11-13-5-3-2-4-6-13)16(20)12-19(21)15-9-7-14(17)8-10-15/h2-10,21H,11-12H2,1H3. The fourth-order valence-corrected chi connectivity index (χ4v) is 2.28. The summed E-state index contributed by atoms with van der Waals surface area (Å²) in [6, 6.07) is 17.1. The van der Waals surface area contributed by atoms with Crippen LogP contribution in [0.15, 0.2) is 54.6 Å². The molecular formula is C16H17ClN2OS. The third-order valence-electron chi connectivity index (χ3n) is 3.10. The van der Waals surface area contributed by atoms with Crippen molar-refractivity contribution in [3.05, 3.63) is 65.2 Å². The minimum absolute atomic E-state index is 0.00352. The second-order valence-corrected chi connectivity index (χ2v) is 5.69. The molecule has 1 amide bonds. The van der Waals surface area contributed by atoms with Gasteiger partial charge in [0.25, 0.3) is 0 Å². The Balaban J connectivity index is 1.92. The zero-order valence-electron chi connectivity index (χ0n) is 11.7. The van der Waals surface area contributed by atoms with Crippen molar-refractivity contribution in [1.82, 2.24) is 4.90 Å². The summed E-state index contributed by atoms with van der Waals surface area (Å²) in [5.74, 6) is 0.00352. The molecule has 0 atom stereocenters. The van der Waals surface area contributed by atoms with Crippen LogP contribution in [0, 0.1) is 0 Å². The van der Waals surface area contributed by atoms with Gasteiger partial charge >= 0.3 is 0 Å². The molecule has 2 aromatic rings. The molecule has 0 bridgehead atoms. The predicted octanol–water partition coefficient (Wildman–Crippen LogP) is 3.65. The predicted molar refractivity (Wildman–Crippen MR) is 90.7 cm³/mol. The number of amides is 1. The number of likely N-dealkylation sites (N-methyl/N-ethyl adjacent to an activating group) is 1. The molecule has 0 aromatic heterocycles. The van der Waals surface area contributed by atoms with Crippen LogP contribution in [0.5, 0.6) is 0 Å². The molecule has 0 spiro atoms. The fourth-order valence-electron chi connectivity index (χ4n) is 1.90. The second kappa shape index (κ2) is 7.38. The van der Waals surface area contributed by atoms with E-state index in [1.165, 1.54) is 0 Å². The molecule has 110 valence electrons. The number of benzene rings is 2.